The van der Waals surface area contributed by atoms with Gasteiger partial charge in [0.15, 0.2) is 21.3 Å². The molecule has 7 nitrogen and oxygen atoms in total. The molecule has 0 aliphatic carbocycles. The number of amides is 1. The summed E-state index contributed by atoms with van der Waals surface area (Å²) in [5, 5.41) is 0. The molecule has 8 heteroatoms. The molecule has 0 radical (unpaired) electrons. The minimum Gasteiger partial charge on any atom is -0.493 e. The van der Waals surface area contributed by atoms with Crippen molar-refractivity contribution in [3.63, 3.8) is 0 Å². The SMILES string of the molecule is COc1cc(C=CC(=O)N(C)C(C)c2ccc(S(C)(=O)=O)cc2)cc(OC)c1OC. The maximum atomic E-state index is 12.6. The van der Waals surface area contributed by atoms with Gasteiger partial charge in [-0.25, -0.2) is 8.42 Å². The van der Waals surface area contributed by atoms with Gasteiger partial charge < -0.3 is 19.1 Å². The van der Waals surface area contributed by atoms with Crippen molar-refractivity contribution in [2.45, 2.75) is 17.9 Å². The summed E-state index contributed by atoms with van der Waals surface area (Å²) in [5.74, 6) is 1.27. The molecule has 0 aliphatic rings. The molecule has 162 valence electrons. The summed E-state index contributed by atoms with van der Waals surface area (Å²) in [6, 6.07) is 9.78. The van der Waals surface area contributed by atoms with Gasteiger partial charge >= 0.3 is 0 Å². The third-order valence-corrected chi connectivity index (χ3v) is 5.95. The van der Waals surface area contributed by atoms with Crippen LogP contribution in [0.5, 0.6) is 17.2 Å². The number of rotatable bonds is 8. The first-order chi connectivity index (χ1) is 14.1. The Hall–Kier alpha value is -3.00. The molecule has 0 saturated carbocycles. The summed E-state index contributed by atoms with van der Waals surface area (Å²) < 4.78 is 39.2. The van der Waals surface area contributed by atoms with Crippen LogP contribution in [0.1, 0.15) is 24.1 Å². The molecule has 2 rings (SSSR count). The largest absolute Gasteiger partial charge is 0.493 e. The molecule has 30 heavy (non-hydrogen) atoms. The zero-order valence-corrected chi connectivity index (χ0v) is 18.8. The molecule has 1 amide bonds. The zero-order valence-electron chi connectivity index (χ0n) is 18.0. The van der Waals surface area contributed by atoms with Crippen LogP contribution in [0.25, 0.3) is 6.08 Å². The zero-order chi connectivity index (χ0) is 22.5. The average Bonchev–Trinajstić information content (AvgIpc) is 2.74. The van der Waals surface area contributed by atoms with Crippen molar-refractivity contribution >= 4 is 21.8 Å². The highest BCUT2D eigenvalue weighted by atomic mass is 32.2. The summed E-state index contributed by atoms with van der Waals surface area (Å²) in [7, 11) is 3.02. The van der Waals surface area contributed by atoms with Gasteiger partial charge in [-0.15, -0.1) is 0 Å². The van der Waals surface area contributed by atoms with Gasteiger partial charge in [0.05, 0.1) is 32.3 Å². The highest BCUT2D eigenvalue weighted by Crippen LogP contribution is 2.38. The molecular formula is C22H27NO6S. The summed E-state index contributed by atoms with van der Waals surface area (Å²) in [4.78, 5) is 14.5. The average molecular weight is 434 g/mol. The predicted octanol–water partition coefficient (Wildman–Crippen LogP) is 3.35. The number of likely N-dealkylation sites (N-methyl/N-ethyl adjacent to an activating group) is 1. The first-order valence-corrected chi connectivity index (χ1v) is 11.1. The van der Waals surface area contributed by atoms with E-state index in [9.17, 15) is 13.2 Å². The summed E-state index contributed by atoms with van der Waals surface area (Å²) in [6.45, 7) is 1.88. The fourth-order valence-electron chi connectivity index (χ4n) is 2.89. The maximum Gasteiger partial charge on any atom is 0.246 e. The van der Waals surface area contributed by atoms with E-state index in [-0.39, 0.29) is 16.8 Å². The second-order valence-corrected chi connectivity index (χ2v) is 8.77. The number of nitrogens with zero attached hydrogens (tertiary/aromatic N) is 1. The quantitative estimate of drug-likeness (QED) is 0.594. The molecular weight excluding hydrogens is 406 g/mol. The van der Waals surface area contributed by atoms with Crippen LogP contribution in [-0.4, -0.2) is 53.9 Å². The lowest BCUT2D eigenvalue weighted by Crippen LogP contribution is -2.28. The normalized spacial score (nSPS) is 12.5. The topological polar surface area (TPSA) is 82.1 Å². The maximum absolute atomic E-state index is 12.6. The van der Waals surface area contributed by atoms with E-state index in [1.807, 2.05) is 6.92 Å². The van der Waals surface area contributed by atoms with Crippen LogP contribution < -0.4 is 14.2 Å². The molecule has 1 unspecified atom stereocenters. The molecule has 0 spiro atoms. The lowest BCUT2D eigenvalue weighted by molar-refractivity contribution is -0.126. The van der Waals surface area contributed by atoms with Crippen LogP contribution in [0.15, 0.2) is 47.4 Å². The molecule has 0 heterocycles. The van der Waals surface area contributed by atoms with Gasteiger partial charge in [-0.2, -0.15) is 0 Å². The fourth-order valence-corrected chi connectivity index (χ4v) is 3.52. The van der Waals surface area contributed by atoms with Crippen molar-refractivity contribution in [3.8, 4) is 17.2 Å². The Morgan fingerprint density at radius 2 is 1.53 bits per heavy atom. The van der Waals surface area contributed by atoms with Crippen molar-refractivity contribution < 1.29 is 27.4 Å². The van der Waals surface area contributed by atoms with Crippen LogP contribution in [0.3, 0.4) is 0 Å². The Morgan fingerprint density at radius 3 is 1.97 bits per heavy atom. The Kier molecular flexibility index (Phi) is 7.50. The third-order valence-electron chi connectivity index (χ3n) is 4.82. The molecule has 2 aromatic rings. The van der Waals surface area contributed by atoms with E-state index in [0.717, 1.165) is 17.4 Å². The van der Waals surface area contributed by atoms with Crippen LogP contribution in [0.4, 0.5) is 0 Å². The monoisotopic (exact) mass is 433 g/mol. The van der Waals surface area contributed by atoms with E-state index >= 15 is 0 Å². The van der Waals surface area contributed by atoms with E-state index in [1.165, 1.54) is 27.4 Å². The molecule has 0 aromatic heterocycles. The lowest BCUT2D eigenvalue weighted by Gasteiger charge is -2.24. The standard InChI is InChI=1S/C22H27NO6S/c1-15(17-8-10-18(11-9-17)30(6,25)26)23(2)21(24)12-7-16-13-19(27-3)22(29-5)20(14-16)28-4/h7-15H,1-6H3. The number of benzene rings is 2. The van der Waals surface area contributed by atoms with Crippen molar-refractivity contribution in [2.24, 2.45) is 0 Å². The van der Waals surface area contributed by atoms with Gasteiger partial charge in [-0.05, 0) is 48.4 Å². The van der Waals surface area contributed by atoms with E-state index < -0.39 is 9.84 Å². The Labute approximate surface area is 177 Å². The van der Waals surface area contributed by atoms with Gasteiger partial charge in [-0.3, -0.25) is 4.79 Å². The van der Waals surface area contributed by atoms with Crippen LogP contribution in [0, 0.1) is 0 Å². The van der Waals surface area contributed by atoms with E-state index in [1.54, 1.807) is 54.4 Å². The van der Waals surface area contributed by atoms with E-state index in [4.69, 9.17) is 14.2 Å². The highest BCUT2D eigenvalue weighted by molar-refractivity contribution is 7.90. The minimum atomic E-state index is -3.26. The van der Waals surface area contributed by atoms with Crippen molar-refractivity contribution in [2.75, 3.05) is 34.6 Å². The van der Waals surface area contributed by atoms with Gasteiger partial charge in [0.1, 0.15) is 0 Å². The molecule has 0 N–H and O–H groups in total. The number of hydrogen-bond acceptors (Lipinski definition) is 6. The third kappa shape index (κ3) is 5.33. The highest BCUT2D eigenvalue weighted by Gasteiger charge is 2.17. The molecule has 2 aromatic carbocycles. The number of sulfone groups is 1. The van der Waals surface area contributed by atoms with Crippen LogP contribution in [-0.2, 0) is 14.6 Å². The second kappa shape index (κ2) is 9.67. The van der Waals surface area contributed by atoms with Crippen molar-refractivity contribution in [1.29, 1.82) is 0 Å². The Balaban J connectivity index is 2.19. The van der Waals surface area contributed by atoms with Crippen LogP contribution >= 0.6 is 0 Å². The summed E-state index contributed by atoms with van der Waals surface area (Å²) in [5.41, 5.74) is 1.55. The van der Waals surface area contributed by atoms with Crippen molar-refractivity contribution in [3.05, 3.63) is 53.6 Å². The first-order valence-electron chi connectivity index (χ1n) is 9.17. The molecule has 0 bridgehead atoms. The number of carbonyl (C=O) groups is 1. The van der Waals surface area contributed by atoms with Gasteiger partial charge in [0, 0.05) is 19.4 Å². The number of ether oxygens (including phenoxy) is 3. The summed E-state index contributed by atoms with van der Waals surface area (Å²) in [6.07, 6.45) is 4.29. The van der Waals surface area contributed by atoms with Gasteiger partial charge in [0.2, 0.25) is 11.7 Å². The second-order valence-electron chi connectivity index (χ2n) is 6.76. The van der Waals surface area contributed by atoms with Crippen LogP contribution in [0.2, 0.25) is 0 Å². The smallest absolute Gasteiger partial charge is 0.246 e. The number of methoxy groups -OCH3 is 3. The summed E-state index contributed by atoms with van der Waals surface area (Å²) >= 11 is 0. The van der Waals surface area contributed by atoms with Gasteiger partial charge in [0.25, 0.3) is 0 Å². The van der Waals surface area contributed by atoms with Crippen molar-refractivity contribution in [1.82, 2.24) is 4.90 Å². The molecule has 0 fully saturated rings. The first kappa shape index (κ1) is 23.3. The Morgan fingerprint density at radius 1 is 1.00 bits per heavy atom. The molecule has 0 aliphatic heterocycles. The number of hydrogen-bond donors (Lipinski definition) is 0. The van der Waals surface area contributed by atoms with E-state index in [0.29, 0.717) is 17.2 Å². The predicted molar refractivity (Wildman–Crippen MR) is 116 cm³/mol. The molecule has 0 saturated heterocycles. The number of carbonyl (C=O) groups excluding carboxylic acids is 1. The Bertz CT molecular complexity index is 1000. The lowest BCUT2D eigenvalue weighted by atomic mass is 10.1. The van der Waals surface area contributed by atoms with Gasteiger partial charge in [-0.1, -0.05) is 12.1 Å². The van der Waals surface area contributed by atoms with E-state index in [2.05, 4.69) is 0 Å². The minimum absolute atomic E-state index is 0.205. The fraction of sp³-hybridized carbons (Fsp3) is 0.318. The molecule has 1 atom stereocenters.